The standard InChI is InChI=1S/C19H19N5O2/c1-12(2)26-17-6-4-3-5-13(17)18-20-8-7-14(22-18)15-11-16-19(25)21-9-10-24(16)23-15/h3-8,11-12H,9-10H2,1-2H3,(H,21,25). The Balaban J connectivity index is 1.74. The van der Waals surface area contributed by atoms with Crippen molar-refractivity contribution in [3.63, 3.8) is 0 Å². The highest BCUT2D eigenvalue weighted by Gasteiger charge is 2.20. The first kappa shape index (κ1) is 16.3. The minimum Gasteiger partial charge on any atom is -0.490 e. The molecule has 7 nitrogen and oxygen atoms in total. The van der Waals surface area contributed by atoms with Gasteiger partial charge in [-0.25, -0.2) is 9.97 Å². The van der Waals surface area contributed by atoms with Gasteiger partial charge in [0.25, 0.3) is 5.91 Å². The molecule has 1 aliphatic heterocycles. The van der Waals surface area contributed by atoms with Crippen molar-refractivity contribution in [3.05, 3.63) is 48.3 Å². The second-order valence-electron chi connectivity index (χ2n) is 6.32. The Hall–Kier alpha value is -3.22. The lowest BCUT2D eigenvalue weighted by atomic mass is 10.1. The lowest BCUT2D eigenvalue weighted by Crippen LogP contribution is -2.35. The van der Waals surface area contributed by atoms with E-state index in [0.29, 0.717) is 36.0 Å². The predicted octanol–water partition coefficient (Wildman–Crippen LogP) is 2.54. The molecule has 132 valence electrons. The maximum absolute atomic E-state index is 11.9. The van der Waals surface area contributed by atoms with Gasteiger partial charge in [-0.05, 0) is 38.1 Å². The van der Waals surface area contributed by atoms with Crippen LogP contribution < -0.4 is 10.1 Å². The number of amides is 1. The molecule has 2 aromatic heterocycles. The molecule has 0 spiro atoms. The topological polar surface area (TPSA) is 81.9 Å². The van der Waals surface area contributed by atoms with Gasteiger partial charge in [0.1, 0.15) is 17.1 Å². The molecular formula is C19H19N5O2. The highest BCUT2D eigenvalue weighted by molar-refractivity contribution is 5.94. The maximum Gasteiger partial charge on any atom is 0.269 e. The molecular weight excluding hydrogens is 330 g/mol. The molecule has 0 atom stereocenters. The molecule has 0 unspecified atom stereocenters. The van der Waals surface area contributed by atoms with E-state index in [1.807, 2.05) is 38.1 Å². The zero-order chi connectivity index (χ0) is 18.1. The van der Waals surface area contributed by atoms with Gasteiger partial charge in [0.2, 0.25) is 0 Å². The second kappa shape index (κ2) is 6.59. The van der Waals surface area contributed by atoms with Crippen LogP contribution in [0.1, 0.15) is 24.3 Å². The number of ether oxygens (including phenoxy) is 1. The number of benzene rings is 1. The van der Waals surface area contributed by atoms with Crippen molar-refractivity contribution in [2.24, 2.45) is 0 Å². The Morgan fingerprint density at radius 1 is 1.19 bits per heavy atom. The van der Waals surface area contributed by atoms with Crippen molar-refractivity contribution in [1.29, 1.82) is 0 Å². The first-order valence-corrected chi connectivity index (χ1v) is 8.57. The van der Waals surface area contributed by atoms with Crippen LogP contribution in [-0.2, 0) is 6.54 Å². The molecule has 0 bridgehead atoms. The van der Waals surface area contributed by atoms with E-state index in [4.69, 9.17) is 4.74 Å². The number of hydrogen-bond donors (Lipinski definition) is 1. The van der Waals surface area contributed by atoms with Crippen molar-refractivity contribution in [1.82, 2.24) is 25.1 Å². The Kier molecular flexibility index (Phi) is 4.12. The van der Waals surface area contributed by atoms with Gasteiger partial charge in [-0.15, -0.1) is 0 Å². The molecule has 3 heterocycles. The van der Waals surface area contributed by atoms with E-state index >= 15 is 0 Å². The number of carbonyl (C=O) groups excluding carboxylic acids is 1. The summed E-state index contributed by atoms with van der Waals surface area (Å²) in [5.41, 5.74) is 2.70. The van der Waals surface area contributed by atoms with E-state index in [0.717, 1.165) is 11.3 Å². The quantitative estimate of drug-likeness (QED) is 0.783. The van der Waals surface area contributed by atoms with E-state index in [-0.39, 0.29) is 12.0 Å². The predicted molar refractivity (Wildman–Crippen MR) is 96.8 cm³/mol. The van der Waals surface area contributed by atoms with Gasteiger partial charge < -0.3 is 10.1 Å². The summed E-state index contributed by atoms with van der Waals surface area (Å²) in [6.45, 7) is 5.20. The summed E-state index contributed by atoms with van der Waals surface area (Å²) >= 11 is 0. The lowest BCUT2D eigenvalue weighted by molar-refractivity contribution is 0.0924. The Labute approximate surface area is 151 Å². The number of nitrogens with zero attached hydrogens (tertiary/aromatic N) is 4. The van der Waals surface area contributed by atoms with E-state index in [1.54, 1.807) is 23.0 Å². The van der Waals surface area contributed by atoms with Crippen LogP contribution in [-0.4, -0.2) is 38.3 Å². The van der Waals surface area contributed by atoms with E-state index < -0.39 is 0 Å². The SMILES string of the molecule is CC(C)Oc1ccccc1-c1nccc(-c2cc3n(n2)CCNC3=O)n1. The van der Waals surface area contributed by atoms with Gasteiger partial charge in [0.15, 0.2) is 5.82 Å². The molecule has 7 heteroatoms. The van der Waals surface area contributed by atoms with Crippen LogP contribution in [0, 0.1) is 0 Å². The first-order chi connectivity index (χ1) is 12.6. The third kappa shape index (κ3) is 3.03. The zero-order valence-corrected chi connectivity index (χ0v) is 14.6. The highest BCUT2D eigenvalue weighted by atomic mass is 16.5. The van der Waals surface area contributed by atoms with Crippen LogP contribution in [0.2, 0.25) is 0 Å². The summed E-state index contributed by atoms with van der Waals surface area (Å²) in [5, 5.41) is 7.33. The Bertz CT molecular complexity index is 964. The van der Waals surface area contributed by atoms with Crippen LogP contribution >= 0.6 is 0 Å². The molecule has 0 saturated heterocycles. The number of aromatic nitrogens is 4. The lowest BCUT2D eigenvalue weighted by Gasteiger charge is -2.13. The van der Waals surface area contributed by atoms with E-state index in [2.05, 4.69) is 20.4 Å². The van der Waals surface area contributed by atoms with E-state index in [9.17, 15) is 4.79 Å². The largest absolute Gasteiger partial charge is 0.490 e. The van der Waals surface area contributed by atoms with Gasteiger partial charge in [-0.1, -0.05) is 12.1 Å². The molecule has 26 heavy (non-hydrogen) atoms. The molecule has 0 aliphatic carbocycles. The summed E-state index contributed by atoms with van der Waals surface area (Å²) in [4.78, 5) is 21.0. The summed E-state index contributed by atoms with van der Waals surface area (Å²) in [7, 11) is 0. The third-order valence-electron chi connectivity index (χ3n) is 4.03. The molecule has 1 amide bonds. The van der Waals surface area contributed by atoms with Crippen molar-refractivity contribution in [2.45, 2.75) is 26.5 Å². The minimum absolute atomic E-state index is 0.0534. The van der Waals surface area contributed by atoms with Crippen LogP contribution in [0.25, 0.3) is 22.8 Å². The number of fused-ring (bicyclic) bond motifs is 1. The Morgan fingerprint density at radius 3 is 2.85 bits per heavy atom. The highest BCUT2D eigenvalue weighted by Crippen LogP contribution is 2.29. The second-order valence-corrected chi connectivity index (χ2v) is 6.32. The average Bonchev–Trinajstić information content (AvgIpc) is 3.08. The number of nitrogens with one attached hydrogen (secondary N) is 1. The Morgan fingerprint density at radius 2 is 2.04 bits per heavy atom. The summed E-state index contributed by atoms with van der Waals surface area (Å²) < 4.78 is 7.59. The molecule has 0 fully saturated rings. The summed E-state index contributed by atoms with van der Waals surface area (Å²) in [6, 6.07) is 11.2. The molecule has 1 N–H and O–H groups in total. The van der Waals surface area contributed by atoms with Crippen LogP contribution in [0.4, 0.5) is 0 Å². The smallest absolute Gasteiger partial charge is 0.269 e. The summed E-state index contributed by atoms with van der Waals surface area (Å²) in [6.07, 6.45) is 1.75. The maximum atomic E-state index is 11.9. The van der Waals surface area contributed by atoms with Crippen LogP contribution in [0.3, 0.4) is 0 Å². The third-order valence-corrected chi connectivity index (χ3v) is 4.03. The molecule has 4 rings (SSSR count). The average molecular weight is 349 g/mol. The normalized spacial score (nSPS) is 13.4. The number of carbonyl (C=O) groups is 1. The first-order valence-electron chi connectivity index (χ1n) is 8.57. The monoisotopic (exact) mass is 349 g/mol. The van der Waals surface area contributed by atoms with Gasteiger partial charge in [-0.2, -0.15) is 5.10 Å². The molecule has 3 aromatic rings. The van der Waals surface area contributed by atoms with Crippen molar-refractivity contribution in [2.75, 3.05) is 6.54 Å². The number of para-hydroxylation sites is 1. The fourth-order valence-electron chi connectivity index (χ4n) is 2.90. The van der Waals surface area contributed by atoms with Gasteiger partial charge in [0.05, 0.1) is 23.9 Å². The fourth-order valence-corrected chi connectivity index (χ4v) is 2.90. The van der Waals surface area contributed by atoms with Gasteiger partial charge in [-0.3, -0.25) is 9.48 Å². The van der Waals surface area contributed by atoms with E-state index in [1.165, 1.54) is 0 Å². The molecule has 1 aromatic carbocycles. The van der Waals surface area contributed by atoms with Crippen LogP contribution in [0.15, 0.2) is 42.6 Å². The molecule has 0 saturated carbocycles. The van der Waals surface area contributed by atoms with Crippen LogP contribution in [0.5, 0.6) is 5.75 Å². The van der Waals surface area contributed by atoms with Gasteiger partial charge in [0, 0.05) is 12.7 Å². The number of rotatable bonds is 4. The van der Waals surface area contributed by atoms with Gasteiger partial charge >= 0.3 is 0 Å². The zero-order valence-electron chi connectivity index (χ0n) is 14.6. The summed E-state index contributed by atoms with van der Waals surface area (Å²) in [5.74, 6) is 1.19. The van der Waals surface area contributed by atoms with Crippen molar-refractivity contribution >= 4 is 5.91 Å². The fraction of sp³-hybridized carbons (Fsp3) is 0.263. The minimum atomic E-state index is -0.111. The van der Waals surface area contributed by atoms with Crippen molar-refractivity contribution < 1.29 is 9.53 Å². The molecule has 1 aliphatic rings. The molecule has 0 radical (unpaired) electrons. The number of hydrogen-bond acceptors (Lipinski definition) is 5. The van der Waals surface area contributed by atoms with Crippen molar-refractivity contribution in [3.8, 4) is 28.5 Å².